The number of phosphoric acid groups is 2. The van der Waals surface area contributed by atoms with Gasteiger partial charge in [0.25, 0.3) is 0 Å². The summed E-state index contributed by atoms with van der Waals surface area (Å²) in [4.78, 5) is 39.1. The predicted octanol–water partition coefficient (Wildman–Crippen LogP) is -1.49. The van der Waals surface area contributed by atoms with E-state index in [1.165, 1.54) is 12.3 Å². The van der Waals surface area contributed by atoms with Crippen LogP contribution in [0.15, 0.2) is 12.3 Å². The maximum atomic E-state index is 11.8. The van der Waals surface area contributed by atoms with E-state index in [4.69, 9.17) is 25.2 Å². The number of phosphoric ester groups is 1. The van der Waals surface area contributed by atoms with Gasteiger partial charge in [-0.3, -0.25) is 9.42 Å². The lowest BCUT2D eigenvalue weighted by atomic mass is 10.2. The lowest BCUT2D eigenvalue weighted by Crippen LogP contribution is -2.52. The van der Waals surface area contributed by atoms with Crippen LogP contribution in [-0.4, -0.2) is 61.9 Å². The van der Waals surface area contributed by atoms with E-state index >= 15 is 0 Å². The molecule has 0 aromatic rings. The van der Waals surface area contributed by atoms with Crippen molar-refractivity contribution in [2.24, 2.45) is 5.73 Å². The molecule has 2 amide bonds. The molecule has 15 heteroatoms. The van der Waals surface area contributed by atoms with E-state index < -0.39 is 52.9 Å². The van der Waals surface area contributed by atoms with Gasteiger partial charge in [-0.2, -0.15) is 4.31 Å². The van der Waals surface area contributed by atoms with Gasteiger partial charge in [-0.25, -0.2) is 13.9 Å². The van der Waals surface area contributed by atoms with Crippen LogP contribution in [-0.2, 0) is 22.7 Å². The van der Waals surface area contributed by atoms with Crippen LogP contribution in [0.2, 0.25) is 0 Å². The summed E-state index contributed by atoms with van der Waals surface area (Å²) in [6.45, 7) is -0.690. The molecule has 2 rings (SSSR count). The second-order valence-electron chi connectivity index (χ2n) is 4.99. The summed E-state index contributed by atoms with van der Waals surface area (Å²) >= 11 is 0. The van der Waals surface area contributed by atoms with E-state index in [1.807, 2.05) is 0 Å². The van der Waals surface area contributed by atoms with E-state index in [1.54, 1.807) is 0 Å². The molecular formula is C9H17N3O10P2. The average Bonchev–Trinajstić information content (AvgIpc) is 2.75. The van der Waals surface area contributed by atoms with Gasteiger partial charge in [-0.15, -0.1) is 0 Å². The van der Waals surface area contributed by atoms with Crippen molar-refractivity contribution < 1.29 is 47.3 Å². The van der Waals surface area contributed by atoms with Gasteiger partial charge in [0.15, 0.2) is 0 Å². The zero-order valence-electron chi connectivity index (χ0n) is 12.0. The molecule has 0 aliphatic carbocycles. The molecule has 1 saturated heterocycles. The molecule has 2 heterocycles. The molecule has 2 aliphatic rings. The third kappa shape index (κ3) is 5.33. The summed E-state index contributed by atoms with van der Waals surface area (Å²) in [7, 11) is -10.3. The number of carbonyl (C=O) groups excluding carboxylic acids is 1. The Morgan fingerprint density at radius 2 is 2.08 bits per heavy atom. The summed E-state index contributed by atoms with van der Waals surface area (Å²) in [5, 5.41) is 12.3. The van der Waals surface area contributed by atoms with Gasteiger partial charge in [0.2, 0.25) is 0 Å². The highest BCUT2D eigenvalue weighted by molar-refractivity contribution is 7.60. The number of hydrogen-bond acceptors (Lipinski definition) is 8. The molecule has 2 aliphatic heterocycles. The number of amides is 2. The van der Waals surface area contributed by atoms with Crippen LogP contribution in [0.3, 0.4) is 0 Å². The average molecular weight is 389 g/mol. The van der Waals surface area contributed by atoms with Gasteiger partial charge < -0.3 is 35.6 Å². The van der Waals surface area contributed by atoms with Gasteiger partial charge in [-0.05, 0) is 6.08 Å². The van der Waals surface area contributed by atoms with Gasteiger partial charge in [0.05, 0.1) is 18.9 Å². The van der Waals surface area contributed by atoms with Crippen LogP contribution < -0.4 is 11.1 Å². The van der Waals surface area contributed by atoms with E-state index in [9.17, 15) is 19.0 Å². The molecule has 138 valence electrons. The van der Waals surface area contributed by atoms with E-state index in [0.717, 1.165) is 4.90 Å². The number of aliphatic hydroxyl groups is 1. The van der Waals surface area contributed by atoms with Gasteiger partial charge in [0.1, 0.15) is 12.3 Å². The minimum absolute atomic E-state index is 0.0178. The Morgan fingerprint density at radius 1 is 1.42 bits per heavy atom. The summed E-state index contributed by atoms with van der Waals surface area (Å²) in [5.41, 5.74) is 5.49. The molecule has 0 bridgehead atoms. The Morgan fingerprint density at radius 3 is 2.67 bits per heavy atom. The number of nitrogens with one attached hydrogen (secondary N) is 1. The first kappa shape index (κ1) is 19.5. The molecule has 7 N–H and O–H groups in total. The first-order chi connectivity index (χ1) is 11.0. The lowest BCUT2D eigenvalue weighted by Gasteiger charge is -2.30. The molecule has 1 fully saturated rings. The number of hydrogen-bond donors (Lipinski definition) is 6. The Hall–Kier alpha value is -0.850. The number of carbonyl (C=O) groups is 1. The first-order valence-corrected chi connectivity index (χ1v) is 9.60. The quantitative estimate of drug-likeness (QED) is 0.289. The summed E-state index contributed by atoms with van der Waals surface area (Å²) in [6.07, 6.45) is -0.956. The normalized spacial score (nSPS) is 33.4. The number of urea groups is 1. The number of aliphatic hydroxyl groups excluding tert-OH is 1. The van der Waals surface area contributed by atoms with Crippen LogP contribution in [0.25, 0.3) is 0 Å². The molecule has 13 nitrogen and oxygen atoms in total. The Balaban J connectivity index is 1.92. The van der Waals surface area contributed by atoms with E-state index in [2.05, 4.69) is 14.2 Å². The van der Waals surface area contributed by atoms with Crippen molar-refractivity contribution >= 4 is 21.7 Å². The Bertz CT molecular complexity index is 608. The Kier molecular flexibility index (Phi) is 5.83. The minimum Gasteiger partial charge on any atom is -0.390 e. The van der Waals surface area contributed by atoms with Crippen LogP contribution >= 0.6 is 15.6 Å². The summed E-state index contributed by atoms with van der Waals surface area (Å²) < 4.78 is 35.3. The molecule has 0 aromatic carbocycles. The zero-order chi connectivity index (χ0) is 18.1. The van der Waals surface area contributed by atoms with Crippen LogP contribution in [0.5, 0.6) is 0 Å². The van der Waals surface area contributed by atoms with Crippen LogP contribution in [0.1, 0.15) is 6.42 Å². The second kappa shape index (κ2) is 7.18. The van der Waals surface area contributed by atoms with Crippen molar-refractivity contribution in [3.8, 4) is 0 Å². The highest BCUT2D eigenvalue weighted by Crippen LogP contribution is 2.57. The third-order valence-electron chi connectivity index (χ3n) is 3.10. The molecule has 0 radical (unpaired) electrons. The number of rotatable bonds is 6. The predicted molar refractivity (Wildman–Crippen MR) is 75.7 cm³/mol. The highest BCUT2D eigenvalue weighted by atomic mass is 31.3. The SMILES string of the molecule is NC1C=CN([C@H]2C[C@H](O)[C@@H](COP(=O)(O)OP(=O)(O)O)O2)C(=O)N1. The zero-order valence-corrected chi connectivity index (χ0v) is 13.8. The van der Waals surface area contributed by atoms with Crippen molar-refractivity contribution in [1.82, 2.24) is 10.2 Å². The summed E-state index contributed by atoms with van der Waals surface area (Å²) in [6, 6.07) is -0.554. The van der Waals surface area contributed by atoms with Crippen molar-refractivity contribution in [3.05, 3.63) is 12.3 Å². The number of nitrogens with two attached hydrogens (primary N) is 1. The monoisotopic (exact) mass is 389 g/mol. The van der Waals surface area contributed by atoms with E-state index in [-0.39, 0.29) is 6.42 Å². The molecule has 24 heavy (non-hydrogen) atoms. The fourth-order valence-electron chi connectivity index (χ4n) is 2.11. The lowest BCUT2D eigenvalue weighted by molar-refractivity contribution is -0.0533. The standard InChI is InChI=1S/C9H17N3O10P2/c10-7-1-2-12(9(14)11-7)8-3-5(13)6(21-8)4-20-24(18,19)22-23(15,16)17/h1-2,5-8,13H,3-4,10H2,(H,11,14)(H,18,19)(H2,15,16,17)/t5-,6+,7?,8+/m0/s1. The topological polar surface area (TPSA) is 201 Å². The van der Waals surface area contributed by atoms with Gasteiger partial charge >= 0.3 is 21.7 Å². The smallest absolute Gasteiger partial charge is 0.390 e. The maximum Gasteiger partial charge on any atom is 0.481 e. The second-order valence-corrected chi connectivity index (χ2v) is 7.82. The molecule has 0 saturated carbocycles. The minimum atomic E-state index is -5.24. The van der Waals surface area contributed by atoms with Crippen molar-refractivity contribution in [2.45, 2.75) is 31.0 Å². The van der Waals surface area contributed by atoms with Gasteiger partial charge in [-0.1, -0.05) is 0 Å². The molecule has 0 aromatic heterocycles. The molecular weight excluding hydrogens is 372 g/mol. The summed E-state index contributed by atoms with van der Waals surface area (Å²) in [5.74, 6) is 0. The first-order valence-electron chi connectivity index (χ1n) is 6.57. The van der Waals surface area contributed by atoms with Crippen LogP contribution in [0, 0.1) is 0 Å². The van der Waals surface area contributed by atoms with Gasteiger partial charge in [0, 0.05) is 12.6 Å². The molecule has 2 unspecified atom stereocenters. The maximum absolute atomic E-state index is 11.8. The molecule has 0 spiro atoms. The van der Waals surface area contributed by atoms with E-state index in [0.29, 0.717) is 0 Å². The largest absolute Gasteiger partial charge is 0.481 e. The molecule has 5 atom stereocenters. The fraction of sp³-hybridized carbons (Fsp3) is 0.667. The van der Waals surface area contributed by atoms with Crippen LogP contribution in [0.4, 0.5) is 4.79 Å². The highest BCUT2D eigenvalue weighted by Gasteiger charge is 2.41. The van der Waals surface area contributed by atoms with Crippen molar-refractivity contribution in [3.63, 3.8) is 0 Å². The fourth-order valence-corrected chi connectivity index (χ4v) is 3.71. The van der Waals surface area contributed by atoms with Crippen molar-refractivity contribution in [2.75, 3.05) is 6.61 Å². The third-order valence-corrected chi connectivity index (χ3v) is 5.26. The Labute approximate surface area is 135 Å². The van der Waals surface area contributed by atoms with Crippen molar-refractivity contribution in [1.29, 1.82) is 0 Å². The number of nitrogens with zero attached hydrogens (tertiary/aromatic N) is 1. The number of ether oxygens (including phenoxy) is 1.